The topological polar surface area (TPSA) is 76.1 Å². The lowest BCUT2D eigenvalue weighted by Gasteiger charge is -2.14. The quantitative estimate of drug-likeness (QED) is 0.400. The number of carbonyl (C=O) groups is 1. The van der Waals surface area contributed by atoms with Gasteiger partial charge >= 0.3 is 6.03 Å². The lowest BCUT2D eigenvalue weighted by Crippen LogP contribution is -2.20. The monoisotopic (exact) mass is 430 g/mol. The minimum Gasteiger partial charge on any atom is -0.495 e. The Hall–Kier alpha value is -3.90. The minimum absolute atomic E-state index is 0.431. The molecule has 0 unspecified atom stereocenters. The van der Waals surface area contributed by atoms with Gasteiger partial charge in [0.15, 0.2) is 5.82 Å². The Morgan fingerprint density at radius 1 is 0.871 bits per heavy atom. The molecule has 0 radical (unpaired) electrons. The second-order valence-electron chi connectivity index (χ2n) is 6.58. The van der Waals surface area contributed by atoms with E-state index in [1.54, 1.807) is 31.5 Å². The van der Waals surface area contributed by atoms with Gasteiger partial charge in [-0.3, -0.25) is 0 Å². The molecule has 0 aliphatic carbocycles. The van der Waals surface area contributed by atoms with Crippen LogP contribution >= 0.6 is 11.6 Å². The van der Waals surface area contributed by atoms with Gasteiger partial charge < -0.3 is 15.4 Å². The Kier molecular flexibility index (Phi) is 6.10. The van der Waals surface area contributed by atoms with Gasteiger partial charge in [-0.1, -0.05) is 72.3 Å². The lowest BCUT2D eigenvalue weighted by atomic mass is 10.1. The standard InChI is InChI=1S/C24H19ClN4O2/c1-31-21-14-8-7-13-19(21)27-24(30)28-20-15-26-23(16-9-3-2-4-10-16)29-22(20)17-11-5-6-12-18(17)25/h2-15H,1H3,(H2,27,28,30). The van der Waals surface area contributed by atoms with Crippen LogP contribution in [-0.2, 0) is 0 Å². The molecular formula is C24H19ClN4O2. The Bertz CT molecular complexity index is 1220. The molecule has 0 bridgehead atoms. The molecule has 31 heavy (non-hydrogen) atoms. The molecule has 2 amide bonds. The number of aromatic nitrogens is 2. The first-order valence-corrected chi connectivity index (χ1v) is 9.92. The molecule has 4 rings (SSSR count). The van der Waals surface area contributed by atoms with Crippen molar-refractivity contribution in [1.82, 2.24) is 9.97 Å². The maximum absolute atomic E-state index is 12.7. The van der Waals surface area contributed by atoms with Crippen LogP contribution in [-0.4, -0.2) is 23.1 Å². The maximum atomic E-state index is 12.7. The van der Waals surface area contributed by atoms with E-state index in [0.29, 0.717) is 39.2 Å². The summed E-state index contributed by atoms with van der Waals surface area (Å²) >= 11 is 6.43. The summed E-state index contributed by atoms with van der Waals surface area (Å²) in [5.74, 6) is 1.09. The zero-order valence-electron chi connectivity index (χ0n) is 16.7. The Labute approximate surface area is 184 Å². The average molecular weight is 431 g/mol. The molecule has 0 fully saturated rings. The number of halogens is 1. The van der Waals surface area contributed by atoms with E-state index in [4.69, 9.17) is 21.3 Å². The van der Waals surface area contributed by atoms with Crippen molar-refractivity contribution in [2.24, 2.45) is 0 Å². The van der Waals surface area contributed by atoms with E-state index >= 15 is 0 Å². The van der Waals surface area contributed by atoms with Gasteiger partial charge in [-0.15, -0.1) is 0 Å². The molecule has 0 atom stereocenters. The normalized spacial score (nSPS) is 10.4. The van der Waals surface area contributed by atoms with Crippen LogP contribution in [0.3, 0.4) is 0 Å². The summed E-state index contributed by atoms with van der Waals surface area (Å²) < 4.78 is 5.29. The van der Waals surface area contributed by atoms with Crippen molar-refractivity contribution in [1.29, 1.82) is 0 Å². The summed E-state index contributed by atoms with van der Waals surface area (Å²) in [5, 5.41) is 6.13. The van der Waals surface area contributed by atoms with E-state index in [1.165, 1.54) is 0 Å². The smallest absolute Gasteiger partial charge is 0.323 e. The van der Waals surface area contributed by atoms with Gasteiger partial charge in [0.25, 0.3) is 0 Å². The highest BCUT2D eigenvalue weighted by atomic mass is 35.5. The molecule has 0 saturated heterocycles. The van der Waals surface area contributed by atoms with Crippen LogP contribution in [0, 0.1) is 0 Å². The fourth-order valence-electron chi connectivity index (χ4n) is 3.08. The first kappa shape index (κ1) is 20.4. The lowest BCUT2D eigenvalue weighted by molar-refractivity contribution is 0.262. The first-order chi connectivity index (χ1) is 15.2. The van der Waals surface area contributed by atoms with Crippen molar-refractivity contribution < 1.29 is 9.53 Å². The van der Waals surface area contributed by atoms with Gasteiger partial charge in [0.1, 0.15) is 5.75 Å². The summed E-state index contributed by atoms with van der Waals surface area (Å²) in [6, 6.07) is 23.6. The maximum Gasteiger partial charge on any atom is 0.323 e. The molecular weight excluding hydrogens is 412 g/mol. The van der Waals surface area contributed by atoms with Crippen LogP contribution < -0.4 is 15.4 Å². The summed E-state index contributed by atoms with van der Waals surface area (Å²) in [7, 11) is 1.55. The molecule has 154 valence electrons. The van der Waals surface area contributed by atoms with Crippen molar-refractivity contribution in [3.05, 3.63) is 90.1 Å². The molecule has 2 N–H and O–H groups in total. The highest BCUT2D eigenvalue weighted by Gasteiger charge is 2.16. The molecule has 0 saturated carbocycles. The zero-order chi connectivity index (χ0) is 21.6. The van der Waals surface area contributed by atoms with E-state index in [-0.39, 0.29) is 0 Å². The SMILES string of the molecule is COc1ccccc1NC(=O)Nc1cnc(-c2ccccc2)nc1-c1ccccc1Cl. The third-order valence-electron chi connectivity index (χ3n) is 4.55. The van der Waals surface area contributed by atoms with E-state index < -0.39 is 6.03 Å². The van der Waals surface area contributed by atoms with Crippen molar-refractivity contribution in [3.63, 3.8) is 0 Å². The van der Waals surface area contributed by atoms with Crippen LogP contribution in [0.1, 0.15) is 0 Å². The number of hydrogen-bond donors (Lipinski definition) is 2. The van der Waals surface area contributed by atoms with Gasteiger partial charge in [0.2, 0.25) is 0 Å². The predicted molar refractivity (Wildman–Crippen MR) is 124 cm³/mol. The van der Waals surface area contributed by atoms with E-state index in [0.717, 1.165) is 5.56 Å². The van der Waals surface area contributed by atoms with Gasteiger partial charge in [0, 0.05) is 11.1 Å². The first-order valence-electron chi connectivity index (χ1n) is 9.54. The Balaban J connectivity index is 1.70. The number of ether oxygens (including phenoxy) is 1. The fraction of sp³-hybridized carbons (Fsp3) is 0.0417. The molecule has 1 aromatic heterocycles. The average Bonchev–Trinajstić information content (AvgIpc) is 2.81. The van der Waals surface area contributed by atoms with Crippen LogP contribution in [0.5, 0.6) is 5.75 Å². The summed E-state index contributed by atoms with van der Waals surface area (Å²) in [6.45, 7) is 0. The van der Waals surface area contributed by atoms with Gasteiger partial charge in [-0.25, -0.2) is 14.8 Å². The van der Waals surface area contributed by atoms with Gasteiger partial charge in [-0.2, -0.15) is 0 Å². The molecule has 3 aromatic carbocycles. The molecule has 6 nitrogen and oxygen atoms in total. The number of rotatable bonds is 5. The fourth-order valence-corrected chi connectivity index (χ4v) is 3.31. The number of carbonyl (C=O) groups excluding carboxylic acids is 1. The van der Waals surface area contributed by atoms with Crippen molar-refractivity contribution in [2.75, 3.05) is 17.7 Å². The third kappa shape index (κ3) is 4.65. The molecule has 7 heteroatoms. The second kappa shape index (κ2) is 9.28. The zero-order valence-corrected chi connectivity index (χ0v) is 17.4. The minimum atomic E-state index is -0.450. The largest absolute Gasteiger partial charge is 0.495 e. The predicted octanol–water partition coefficient (Wildman–Crippen LogP) is 6.12. The number of anilines is 2. The van der Waals surface area contributed by atoms with Gasteiger partial charge in [0.05, 0.1) is 35.4 Å². The number of nitrogens with one attached hydrogen (secondary N) is 2. The van der Waals surface area contributed by atoms with Crippen LogP contribution in [0.25, 0.3) is 22.6 Å². The van der Waals surface area contributed by atoms with Crippen LogP contribution in [0.2, 0.25) is 5.02 Å². The van der Waals surface area contributed by atoms with E-state index in [2.05, 4.69) is 15.6 Å². The number of methoxy groups -OCH3 is 1. The molecule has 0 aliphatic heterocycles. The number of amides is 2. The van der Waals surface area contributed by atoms with Crippen molar-refractivity contribution in [3.8, 4) is 28.4 Å². The van der Waals surface area contributed by atoms with Crippen LogP contribution in [0.4, 0.5) is 16.2 Å². The third-order valence-corrected chi connectivity index (χ3v) is 4.88. The van der Waals surface area contributed by atoms with Crippen molar-refractivity contribution in [2.45, 2.75) is 0 Å². The summed E-state index contributed by atoms with van der Waals surface area (Å²) in [6.07, 6.45) is 1.58. The van der Waals surface area contributed by atoms with E-state index in [9.17, 15) is 4.79 Å². The number of benzene rings is 3. The van der Waals surface area contributed by atoms with Gasteiger partial charge in [-0.05, 0) is 18.2 Å². The van der Waals surface area contributed by atoms with E-state index in [1.807, 2.05) is 60.7 Å². The highest BCUT2D eigenvalue weighted by molar-refractivity contribution is 6.33. The number of urea groups is 1. The Morgan fingerprint density at radius 2 is 1.55 bits per heavy atom. The molecule has 0 spiro atoms. The summed E-state index contributed by atoms with van der Waals surface area (Å²) in [4.78, 5) is 21.8. The number of nitrogens with zero attached hydrogens (tertiary/aromatic N) is 2. The molecule has 4 aromatic rings. The summed E-state index contributed by atoms with van der Waals surface area (Å²) in [5.41, 5.74) is 3.05. The number of hydrogen-bond acceptors (Lipinski definition) is 4. The van der Waals surface area contributed by atoms with Crippen LogP contribution in [0.15, 0.2) is 85.1 Å². The van der Waals surface area contributed by atoms with Crippen molar-refractivity contribution >= 4 is 29.0 Å². The highest BCUT2D eigenvalue weighted by Crippen LogP contribution is 2.33. The molecule has 1 heterocycles. The number of para-hydroxylation sites is 2. The Morgan fingerprint density at radius 3 is 2.32 bits per heavy atom. The second-order valence-corrected chi connectivity index (χ2v) is 6.99. The molecule has 0 aliphatic rings.